The van der Waals surface area contributed by atoms with Crippen molar-refractivity contribution in [2.24, 2.45) is 0 Å². The van der Waals surface area contributed by atoms with Gasteiger partial charge in [-0.1, -0.05) is 0 Å². The van der Waals surface area contributed by atoms with E-state index in [0.717, 1.165) is 0 Å². The molecule has 6 heteroatoms. The summed E-state index contributed by atoms with van der Waals surface area (Å²) in [5, 5.41) is 13.0. The van der Waals surface area contributed by atoms with Crippen LogP contribution < -0.4 is 3.07 Å². The van der Waals surface area contributed by atoms with Crippen LogP contribution in [0.3, 0.4) is 0 Å². The summed E-state index contributed by atoms with van der Waals surface area (Å²) in [5.74, 6) is 1.38. The molecule has 0 aliphatic carbocycles. The number of hydrogen-bond acceptors (Lipinski definition) is 4. The van der Waals surface area contributed by atoms with E-state index in [1.165, 1.54) is 0 Å². The van der Waals surface area contributed by atoms with Crippen LogP contribution in [0.25, 0.3) is 5.82 Å². The lowest BCUT2D eigenvalue weighted by Gasteiger charge is -2.00. The highest BCUT2D eigenvalue weighted by Crippen LogP contribution is 2.13. The fraction of sp³-hybridized carbons (Fsp3) is 0.111. The first kappa shape index (κ1) is 10.4. The van der Waals surface area contributed by atoms with Crippen LogP contribution in [0.2, 0.25) is 0 Å². The maximum Gasteiger partial charge on any atom is 0.192 e. The van der Waals surface area contributed by atoms with Crippen LogP contribution in [-0.4, -0.2) is 19.9 Å². The Morgan fingerprint density at radius 1 is 1.40 bits per heavy atom. The Labute approximate surface area is 100 Å². The van der Waals surface area contributed by atoms with E-state index in [1.807, 2.05) is 0 Å². The minimum absolute atomic E-state index is 0.0675. The molecular formula is C9H8IN3O2. The molecule has 0 spiro atoms. The SMILES string of the molecule is OCc1ccn(-c2ccc(OI)cn2)n1. The molecule has 0 atom stereocenters. The normalized spacial score (nSPS) is 10.3. The van der Waals surface area contributed by atoms with Crippen LogP contribution in [0.4, 0.5) is 0 Å². The summed E-state index contributed by atoms with van der Waals surface area (Å²) >= 11 is 1.79. The summed E-state index contributed by atoms with van der Waals surface area (Å²) in [6, 6.07) is 5.33. The van der Waals surface area contributed by atoms with Gasteiger partial charge in [0.05, 0.1) is 18.5 Å². The van der Waals surface area contributed by atoms with Gasteiger partial charge < -0.3 is 8.17 Å². The molecule has 0 radical (unpaired) electrons. The number of aliphatic hydroxyl groups is 1. The molecule has 0 aromatic carbocycles. The largest absolute Gasteiger partial charge is 0.426 e. The molecule has 2 aromatic rings. The van der Waals surface area contributed by atoms with Crippen molar-refractivity contribution in [1.82, 2.24) is 14.8 Å². The van der Waals surface area contributed by atoms with Crippen LogP contribution in [0.1, 0.15) is 5.69 Å². The Hall–Kier alpha value is -1.15. The lowest BCUT2D eigenvalue weighted by Crippen LogP contribution is -1.98. The second kappa shape index (κ2) is 4.58. The molecule has 0 aliphatic rings. The molecule has 2 aromatic heterocycles. The summed E-state index contributed by atoms with van der Waals surface area (Å²) < 4.78 is 6.57. The van der Waals surface area contributed by atoms with Crippen LogP contribution in [-0.2, 0) is 6.61 Å². The maximum absolute atomic E-state index is 8.86. The van der Waals surface area contributed by atoms with Gasteiger partial charge in [-0.3, -0.25) is 0 Å². The third-order valence-electron chi connectivity index (χ3n) is 1.85. The van der Waals surface area contributed by atoms with Crippen LogP contribution in [0.5, 0.6) is 5.75 Å². The lowest BCUT2D eigenvalue weighted by molar-refractivity contribution is 0.276. The van der Waals surface area contributed by atoms with E-state index >= 15 is 0 Å². The van der Waals surface area contributed by atoms with Crippen LogP contribution in [0, 0.1) is 0 Å². The van der Waals surface area contributed by atoms with Gasteiger partial charge in [-0.25, -0.2) is 9.67 Å². The molecule has 1 N–H and O–H groups in total. The summed E-state index contributed by atoms with van der Waals surface area (Å²) in [4.78, 5) is 4.16. The summed E-state index contributed by atoms with van der Waals surface area (Å²) in [7, 11) is 0. The van der Waals surface area contributed by atoms with Crippen molar-refractivity contribution in [2.75, 3.05) is 0 Å². The van der Waals surface area contributed by atoms with Gasteiger partial charge in [0.2, 0.25) is 0 Å². The summed E-state index contributed by atoms with van der Waals surface area (Å²) in [6.07, 6.45) is 3.36. The molecule has 0 saturated heterocycles. The number of pyridine rings is 1. The molecule has 0 amide bonds. The van der Waals surface area contributed by atoms with Gasteiger partial charge in [-0.15, -0.1) is 0 Å². The zero-order valence-electron chi connectivity index (χ0n) is 7.67. The van der Waals surface area contributed by atoms with Crippen molar-refractivity contribution >= 4 is 23.0 Å². The average Bonchev–Trinajstić information content (AvgIpc) is 2.78. The average molecular weight is 317 g/mol. The molecule has 15 heavy (non-hydrogen) atoms. The first-order valence-electron chi connectivity index (χ1n) is 4.24. The minimum Gasteiger partial charge on any atom is -0.426 e. The fourth-order valence-electron chi connectivity index (χ4n) is 1.13. The third kappa shape index (κ3) is 2.26. The van der Waals surface area contributed by atoms with Gasteiger partial charge in [-0.05, 0) is 18.2 Å². The van der Waals surface area contributed by atoms with Crippen molar-refractivity contribution in [2.45, 2.75) is 6.61 Å². The second-order valence-corrected chi connectivity index (χ2v) is 3.28. The Balaban J connectivity index is 2.28. The summed E-state index contributed by atoms with van der Waals surface area (Å²) in [5.41, 5.74) is 0.617. The molecule has 0 unspecified atom stereocenters. The molecular weight excluding hydrogens is 309 g/mol. The van der Waals surface area contributed by atoms with E-state index in [1.54, 1.807) is 58.3 Å². The van der Waals surface area contributed by atoms with Gasteiger partial charge in [0.25, 0.3) is 0 Å². The van der Waals surface area contributed by atoms with E-state index in [9.17, 15) is 0 Å². The monoisotopic (exact) mass is 317 g/mol. The second-order valence-electron chi connectivity index (χ2n) is 2.84. The molecule has 5 nitrogen and oxygen atoms in total. The quantitative estimate of drug-likeness (QED) is 0.872. The first-order chi connectivity index (χ1) is 7.33. The third-order valence-corrected chi connectivity index (χ3v) is 2.36. The van der Waals surface area contributed by atoms with Gasteiger partial charge >= 0.3 is 0 Å². The molecule has 0 fully saturated rings. The zero-order valence-corrected chi connectivity index (χ0v) is 9.83. The number of nitrogens with zero attached hydrogens (tertiary/aromatic N) is 3. The van der Waals surface area contributed by atoms with Crippen LogP contribution >= 0.6 is 23.0 Å². The van der Waals surface area contributed by atoms with Gasteiger partial charge in [0.1, 0.15) is 0 Å². The molecule has 78 valence electrons. The Morgan fingerprint density at radius 2 is 2.27 bits per heavy atom. The fourth-order valence-corrected chi connectivity index (χ4v) is 1.39. The number of aliphatic hydroxyl groups excluding tert-OH is 1. The predicted octanol–water partition coefficient (Wildman–Crippen LogP) is 1.49. The van der Waals surface area contributed by atoms with Gasteiger partial charge in [0.15, 0.2) is 34.6 Å². The predicted molar refractivity (Wildman–Crippen MR) is 61.9 cm³/mol. The van der Waals surface area contributed by atoms with Crippen LogP contribution in [0.15, 0.2) is 30.6 Å². The van der Waals surface area contributed by atoms with E-state index in [2.05, 4.69) is 10.1 Å². The number of halogens is 1. The minimum atomic E-state index is -0.0675. The van der Waals surface area contributed by atoms with Gasteiger partial charge in [0, 0.05) is 6.20 Å². The van der Waals surface area contributed by atoms with E-state index in [4.69, 9.17) is 8.17 Å². The van der Waals surface area contributed by atoms with Crippen molar-refractivity contribution in [1.29, 1.82) is 0 Å². The molecule has 2 rings (SSSR count). The molecule has 0 bridgehead atoms. The van der Waals surface area contributed by atoms with E-state index in [0.29, 0.717) is 17.3 Å². The first-order valence-corrected chi connectivity index (χ1v) is 5.12. The van der Waals surface area contributed by atoms with Gasteiger partial charge in [-0.2, -0.15) is 5.10 Å². The van der Waals surface area contributed by atoms with Crippen molar-refractivity contribution in [3.63, 3.8) is 0 Å². The molecule has 2 heterocycles. The standard InChI is InChI=1S/C9H8IN3O2/c10-15-8-1-2-9(11-5-8)13-4-3-7(6-14)12-13/h1-5,14H,6H2. The number of hydrogen-bond donors (Lipinski definition) is 1. The Morgan fingerprint density at radius 3 is 2.80 bits per heavy atom. The highest BCUT2D eigenvalue weighted by Gasteiger charge is 2.01. The molecule has 0 aliphatic heterocycles. The van der Waals surface area contributed by atoms with E-state index < -0.39 is 0 Å². The molecule has 0 saturated carbocycles. The highest BCUT2D eigenvalue weighted by molar-refractivity contribution is 14.1. The van der Waals surface area contributed by atoms with Crippen molar-refractivity contribution in [3.05, 3.63) is 36.3 Å². The lowest BCUT2D eigenvalue weighted by atomic mass is 10.4. The smallest absolute Gasteiger partial charge is 0.192 e. The maximum atomic E-state index is 8.86. The Bertz CT molecular complexity index is 441. The summed E-state index contributed by atoms with van der Waals surface area (Å²) in [6.45, 7) is -0.0675. The van der Waals surface area contributed by atoms with Crippen molar-refractivity contribution < 1.29 is 8.17 Å². The zero-order chi connectivity index (χ0) is 10.7. The Kier molecular flexibility index (Phi) is 3.17. The van der Waals surface area contributed by atoms with E-state index in [-0.39, 0.29) is 6.61 Å². The number of rotatable bonds is 3. The topological polar surface area (TPSA) is 60.2 Å². The number of aromatic nitrogens is 3. The highest BCUT2D eigenvalue weighted by atomic mass is 127. The van der Waals surface area contributed by atoms with Crippen molar-refractivity contribution in [3.8, 4) is 11.6 Å².